The molecule has 0 aliphatic rings. The van der Waals surface area contributed by atoms with E-state index in [4.69, 9.17) is 0 Å². The summed E-state index contributed by atoms with van der Waals surface area (Å²) in [5.41, 5.74) is 1.25. The predicted octanol–water partition coefficient (Wildman–Crippen LogP) is 2.03. The Morgan fingerprint density at radius 1 is 1.18 bits per heavy atom. The lowest BCUT2D eigenvalue weighted by molar-refractivity contribution is -0.130. The van der Waals surface area contributed by atoms with E-state index in [2.05, 4.69) is 17.4 Å². The third-order valence-corrected chi connectivity index (χ3v) is 2.80. The number of nitrogens with one attached hydrogen (secondary N) is 1. The second-order valence-corrected chi connectivity index (χ2v) is 3.98. The van der Waals surface area contributed by atoms with Crippen molar-refractivity contribution in [2.75, 3.05) is 19.6 Å². The van der Waals surface area contributed by atoms with Crippen LogP contribution >= 0.6 is 0 Å². The van der Waals surface area contributed by atoms with Gasteiger partial charge in [-0.05, 0) is 19.4 Å². The Morgan fingerprint density at radius 2 is 1.82 bits per heavy atom. The van der Waals surface area contributed by atoms with E-state index in [1.54, 1.807) is 0 Å². The molecule has 3 nitrogen and oxygen atoms in total. The first kappa shape index (κ1) is 13.7. The van der Waals surface area contributed by atoms with Crippen molar-refractivity contribution in [3.8, 4) is 0 Å². The van der Waals surface area contributed by atoms with E-state index in [0.29, 0.717) is 6.42 Å². The van der Waals surface area contributed by atoms with Crippen LogP contribution in [0.3, 0.4) is 0 Å². The molecule has 0 saturated heterocycles. The van der Waals surface area contributed by atoms with Crippen molar-refractivity contribution in [1.82, 2.24) is 10.2 Å². The maximum Gasteiger partial charge on any atom is 0.223 e. The molecular formula is C14H22N2O. The highest BCUT2D eigenvalue weighted by molar-refractivity contribution is 5.76. The van der Waals surface area contributed by atoms with E-state index in [9.17, 15) is 4.79 Å². The lowest BCUT2D eigenvalue weighted by Gasteiger charge is -2.18. The molecule has 0 fully saturated rings. The van der Waals surface area contributed by atoms with Crippen LogP contribution in [-0.4, -0.2) is 30.4 Å². The Morgan fingerprint density at radius 3 is 2.41 bits per heavy atom. The van der Waals surface area contributed by atoms with Gasteiger partial charge in [0.15, 0.2) is 0 Å². The molecule has 1 amide bonds. The van der Waals surface area contributed by atoms with Gasteiger partial charge in [0.2, 0.25) is 5.91 Å². The monoisotopic (exact) mass is 234 g/mol. The highest BCUT2D eigenvalue weighted by Gasteiger charge is 2.07. The van der Waals surface area contributed by atoms with Crippen LogP contribution in [0.25, 0.3) is 0 Å². The second-order valence-electron chi connectivity index (χ2n) is 3.98. The molecule has 0 saturated carbocycles. The summed E-state index contributed by atoms with van der Waals surface area (Å²) in [4.78, 5) is 13.6. The fourth-order valence-electron chi connectivity index (χ4n) is 1.76. The lowest BCUT2D eigenvalue weighted by atomic mass is 10.2. The molecule has 17 heavy (non-hydrogen) atoms. The van der Waals surface area contributed by atoms with Crippen LogP contribution in [0.4, 0.5) is 0 Å². The maximum absolute atomic E-state index is 11.7. The van der Waals surface area contributed by atoms with E-state index < -0.39 is 0 Å². The third-order valence-electron chi connectivity index (χ3n) is 2.80. The summed E-state index contributed by atoms with van der Waals surface area (Å²) in [6.45, 7) is 7.19. The van der Waals surface area contributed by atoms with Gasteiger partial charge in [-0.3, -0.25) is 4.79 Å². The molecule has 3 heteroatoms. The first-order chi connectivity index (χ1) is 8.27. The van der Waals surface area contributed by atoms with Crippen LogP contribution in [0.15, 0.2) is 30.3 Å². The Hall–Kier alpha value is -1.35. The first-order valence-electron chi connectivity index (χ1n) is 6.30. The number of carbonyl (C=O) groups excluding carboxylic acids is 1. The van der Waals surface area contributed by atoms with Crippen molar-refractivity contribution in [1.29, 1.82) is 0 Å². The van der Waals surface area contributed by atoms with Crippen molar-refractivity contribution in [2.45, 2.75) is 26.8 Å². The van der Waals surface area contributed by atoms with Crippen molar-refractivity contribution < 1.29 is 4.79 Å². The first-order valence-corrected chi connectivity index (χ1v) is 6.30. The zero-order chi connectivity index (χ0) is 12.5. The van der Waals surface area contributed by atoms with Gasteiger partial charge in [0.25, 0.3) is 0 Å². The number of amides is 1. The van der Waals surface area contributed by atoms with Gasteiger partial charge in [-0.2, -0.15) is 0 Å². The molecule has 0 unspecified atom stereocenters. The van der Waals surface area contributed by atoms with Crippen LogP contribution in [-0.2, 0) is 11.3 Å². The van der Waals surface area contributed by atoms with Gasteiger partial charge in [0.05, 0.1) is 0 Å². The number of nitrogens with zero attached hydrogens (tertiary/aromatic N) is 1. The smallest absolute Gasteiger partial charge is 0.223 e. The van der Waals surface area contributed by atoms with Crippen molar-refractivity contribution in [3.63, 3.8) is 0 Å². The summed E-state index contributed by atoms with van der Waals surface area (Å²) < 4.78 is 0. The van der Waals surface area contributed by atoms with Gasteiger partial charge in [0.1, 0.15) is 0 Å². The average molecular weight is 234 g/mol. The fourth-order valence-corrected chi connectivity index (χ4v) is 1.76. The Bertz CT molecular complexity index is 320. The van der Waals surface area contributed by atoms with Crippen LogP contribution in [0.2, 0.25) is 0 Å². The average Bonchev–Trinajstić information content (AvgIpc) is 2.37. The molecule has 0 bridgehead atoms. The molecule has 1 N–H and O–H groups in total. The maximum atomic E-state index is 11.7. The summed E-state index contributed by atoms with van der Waals surface area (Å²) in [6.07, 6.45) is 0.578. The highest BCUT2D eigenvalue weighted by atomic mass is 16.2. The van der Waals surface area contributed by atoms with E-state index in [0.717, 1.165) is 26.2 Å². The molecule has 1 aromatic carbocycles. The largest absolute Gasteiger partial charge is 0.343 e. The van der Waals surface area contributed by atoms with Crippen molar-refractivity contribution in [2.24, 2.45) is 0 Å². The van der Waals surface area contributed by atoms with Crippen LogP contribution in [0.1, 0.15) is 25.8 Å². The summed E-state index contributed by atoms with van der Waals surface area (Å²) >= 11 is 0. The molecule has 0 aliphatic heterocycles. The van der Waals surface area contributed by atoms with Gasteiger partial charge in [-0.1, -0.05) is 30.3 Å². The minimum atomic E-state index is 0.232. The fraction of sp³-hybridized carbons (Fsp3) is 0.500. The van der Waals surface area contributed by atoms with E-state index in [-0.39, 0.29) is 5.91 Å². The Balaban J connectivity index is 2.18. The molecular weight excluding hydrogens is 212 g/mol. The molecule has 0 heterocycles. The zero-order valence-electron chi connectivity index (χ0n) is 10.8. The molecule has 0 radical (unpaired) electrons. The normalized spacial score (nSPS) is 10.2. The number of carbonyl (C=O) groups is 1. The van der Waals surface area contributed by atoms with Crippen molar-refractivity contribution >= 4 is 5.91 Å². The van der Waals surface area contributed by atoms with E-state index in [1.807, 2.05) is 36.9 Å². The summed E-state index contributed by atoms with van der Waals surface area (Å²) in [5.74, 6) is 0.232. The summed E-state index contributed by atoms with van der Waals surface area (Å²) in [7, 11) is 0. The Labute approximate surface area is 104 Å². The van der Waals surface area contributed by atoms with Crippen molar-refractivity contribution in [3.05, 3.63) is 35.9 Å². The van der Waals surface area contributed by atoms with E-state index in [1.165, 1.54) is 5.56 Å². The van der Waals surface area contributed by atoms with E-state index >= 15 is 0 Å². The molecule has 94 valence electrons. The molecule has 0 atom stereocenters. The van der Waals surface area contributed by atoms with Crippen LogP contribution in [0, 0.1) is 0 Å². The standard InChI is InChI=1S/C14H22N2O/c1-3-16(4-2)14(17)10-11-15-12-13-8-6-5-7-9-13/h5-9,15H,3-4,10-12H2,1-2H3. The molecule has 0 aromatic heterocycles. The quantitative estimate of drug-likeness (QED) is 0.732. The van der Waals surface area contributed by atoms with Gasteiger partial charge < -0.3 is 10.2 Å². The predicted molar refractivity (Wildman–Crippen MR) is 70.7 cm³/mol. The molecule has 1 rings (SSSR count). The minimum Gasteiger partial charge on any atom is -0.343 e. The number of benzene rings is 1. The number of hydrogen-bond donors (Lipinski definition) is 1. The second kappa shape index (κ2) is 7.85. The van der Waals surface area contributed by atoms with Crippen LogP contribution in [0.5, 0.6) is 0 Å². The van der Waals surface area contributed by atoms with Gasteiger partial charge in [-0.15, -0.1) is 0 Å². The van der Waals surface area contributed by atoms with Gasteiger partial charge >= 0.3 is 0 Å². The molecule has 0 aliphatic carbocycles. The molecule has 0 spiro atoms. The SMILES string of the molecule is CCN(CC)C(=O)CCNCc1ccccc1. The van der Waals surface area contributed by atoms with Gasteiger partial charge in [0, 0.05) is 32.6 Å². The number of hydrogen-bond acceptors (Lipinski definition) is 2. The summed E-state index contributed by atoms with van der Waals surface area (Å²) in [6, 6.07) is 10.2. The third kappa shape index (κ3) is 5.00. The Kier molecular flexibility index (Phi) is 6.33. The topological polar surface area (TPSA) is 32.3 Å². The lowest BCUT2D eigenvalue weighted by Crippen LogP contribution is -2.32. The minimum absolute atomic E-state index is 0.232. The summed E-state index contributed by atoms with van der Waals surface area (Å²) in [5, 5.41) is 3.29. The zero-order valence-corrected chi connectivity index (χ0v) is 10.8. The number of rotatable bonds is 7. The van der Waals surface area contributed by atoms with Crippen LogP contribution < -0.4 is 5.32 Å². The highest BCUT2D eigenvalue weighted by Crippen LogP contribution is 1.98. The van der Waals surface area contributed by atoms with Gasteiger partial charge in [-0.25, -0.2) is 0 Å². The molecule has 1 aromatic rings.